The van der Waals surface area contributed by atoms with Crippen LogP contribution in [0.2, 0.25) is 0 Å². The zero-order valence-corrected chi connectivity index (χ0v) is 24.3. The average Bonchev–Trinajstić information content (AvgIpc) is 3.27. The van der Waals surface area contributed by atoms with E-state index in [0.29, 0.717) is 24.4 Å². The van der Waals surface area contributed by atoms with E-state index >= 15 is 4.39 Å². The molecule has 2 aromatic carbocycles. The van der Waals surface area contributed by atoms with Crippen molar-refractivity contribution >= 4 is 32.5 Å². The highest BCUT2D eigenvalue weighted by atomic mass is 32.2. The maximum absolute atomic E-state index is 15.3. The number of alkyl halides is 4. The monoisotopic (exact) mass is 609 g/mol. The number of hydrogen-bond donors (Lipinski definition) is 2. The number of ether oxygens (including phenoxy) is 1. The number of nitrogens with zero attached hydrogens (tertiary/aromatic N) is 3. The van der Waals surface area contributed by atoms with E-state index in [4.69, 9.17) is 4.74 Å². The number of nitrogens with one attached hydrogen (secondary N) is 2. The van der Waals surface area contributed by atoms with Gasteiger partial charge in [-0.3, -0.25) is 4.79 Å². The number of halogens is 4. The summed E-state index contributed by atoms with van der Waals surface area (Å²) in [6, 6.07) is 6.32. The van der Waals surface area contributed by atoms with Crippen molar-refractivity contribution in [3.05, 3.63) is 47.8 Å². The third kappa shape index (κ3) is 7.32. The summed E-state index contributed by atoms with van der Waals surface area (Å²) in [7, 11) is -0.268. The molecule has 0 unspecified atom stereocenters. The van der Waals surface area contributed by atoms with Gasteiger partial charge in [-0.05, 0) is 50.7 Å². The first-order valence-corrected chi connectivity index (χ1v) is 14.8. The lowest BCUT2D eigenvalue weighted by Gasteiger charge is -2.39. The fourth-order valence-electron chi connectivity index (χ4n) is 4.90. The molecule has 0 aliphatic carbocycles. The molecule has 3 aromatic rings. The minimum absolute atomic E-state index is 0.0146. The Hall–Kier alpha value is -3.83. The van der Waals surface area contributed by atoms with E-state index < -0.39 is 40.2 Å². The number of imidazole rings is 1. The smallest absolute Gasteiger partial charge is 0.406 e. The molecule has 226 valence electrons. The molecule has 2 N–H and O–H groups in total. The van der Waals surface area contributed by atoms with Crippen molar-refractivity contribution in [2.75, 3.05) is 45.4 Å². The molecular formula is C28H31F4N5O4S. The lowest BCUT2D eigenvalue weighted by molar-refractivity contribution is -0.139. The van der Waals surface area contributed by atoms with Gasteiger partial charge in [0.1, 0.15) is 23.5 Å². The number of fused-ring (bicyclic) bond motifs is 1. The average molecular weight is 610 g/mol. The Kier molecular flexibility index (Phi) is 8.75. The molecule has 2 atom stereocenters. The minimum Gasteiger partial charge on any atom is -0.495 e. The van der Waals surface area contributed by atoms with Crippen molar-refractivity contribution in [2.45, 2.75) is 42.7 Å². The Labute approximate surface area is 241 Å². The molecule has 1 aliphatic heterocycles. The third-order valence-corrected chi connectivity index (χ3v) is 8.04. The molecule has 0 spiro atoms. The van der Waals surface area contributed by atoms with Crippen LogP contribution >= 0.6 is 0 Å². The summed E-state index contributed by atoms with van der Waals surface area (Å²) in [5.41, 5.74) is -1.04. The Morgan fingerprint density at radius 3 is 2.64 bits per heavy atom. The molecular weight excluding hydrogens is 578 g/mol. The van der Waals surface area contributed by atoms with Crippen LogP contribution in [0, 0.1) is 11.8 Å². The lowest BCUT2D eigenvalue weighted by atomic mass is 9.90. The molecule has 1 aliphatic rings. The summed E-state index contributed by atoms with van der Waals surface area (Å²) in [5.74, 6) is 5.39. The molecule has 0 bridgehead atoms. The predicted octanol–water partition coefficient (Wildman–Crippen LogP) is 3.64. The van der Waals surface area contributed by atoms with Crippen LogP contribution in [0.25, 0.3) is 11.0 Å². The maximum atomic E-state index is 15.3. The summed E-state index contributed by atoms with van der Waals surface area (Å²) in [6.07, 6.45) is -2.10. The number of sulfone groups is 1. The second-order valence-electron chi connectivity index (χ2n) is 10.5. The number of rotatable bonds is 7. The SMILES string of the molecule is COc1ccc(S(C)(=O)=O)cc1NCC#Cc1cc(C(=O)N[C@@H]2CCN(C)C[C@]2(C)F)c2ncn(CC(F)(F)F)c2c1. The molecule has 0 radical (unpaired) electrons. The van der Waals surface area contributed by atoms with E-state index in [-0.39, 0.29) is 40.1 Å². The van der Waals surface area contributed by atoms with Gasteiger partial charge in [0.15, 0.2) is 9.84 Å². The van der Waals surface area contributed by atoms with E-state index in [1.807, 2.05) is 4.90 Å². The fourth-order valence-corrected chi connectivity index (χ4v) is 5.54. The van der Waals surface area contributed by atoms with Gasteiger partial charge < -0.3 is 24.8 Å². The van der Waals surface area contributed by atoms with Crippen molar-refractivity contribution in [1.29, 1.82) is 0 Å². The Morgan fingerprint density at radius 1 is 1.26 bits per heavy atom. The summed E-state index contributed by atoms with van der Waals surface area (Å²) in [4.78, 5) is 19.3. The molecule has 9 nitrogen and oxygen atoms in total. The van der Waals surface area contributed by atoms with Gasteiger partial charge in [-0.15, -0.1) is 0 Å². The van der Waals surface area contributed by atoms with Gasteiger partial charge in [-0.25, -0.2) is 17.8 Å². The standard InChI is InChI=1S/C28H31F4N5O4S/c1-27(29)15-36(2)11-9-24(27)35-26(38)20-12-18(13-22-25(20)34-17-37(22)16-28(30,31)32)6-5-10-33-21-14-19(42(4,39)40)7-8-23(21)41-3/h7-8,12-14,17,24,33H,9-11,15-16H2,1-4H3,(H,35,38)/t24-,27+/m1/s1. The van der Waals surface area contributed by atoms with Gasteiger partial charge in [-0.2, -0.15) is 13.2 Å². The van der Waals surface area contributed by atoms with E-state index in [0.717, 1.165) is 17.2 Å². The number of amides is 1. The normalized spacial score (nSPS) is 19.7. The van der Waals surface area contributed by atoms with Crippen LogP contribution in [-0.4, -0.2) is 86.7 Å². The van der Waals surface area contributed by atoms with Gasteiger partial charge in [0.05, 0.1) is 47.7 Å². The van der Waals surface area contributed by atoms with Crippen molar-refractivity contribution < 1.29 is 35.5 Å². The molecule has 14 heteroatoms. The minimum atomic E-state index is -4.54. The van der Waals surface area contributed by atoms with E-state index in [1.165, 1.54) is 44.4 Å². The zero-order valence-electron chi connectivity index (χ0n) is 23.5. The van der Waals surface area contributed by atoms with Gasteiger partial charge in [-0.1, -0.05) is 11.8 Å². The predicted molar refractivity (Wildman–Crippen MR) is 150 cm³/mol. The number of hydrogen-bond acceptors (Lipinski definition) is 7. The number of carbonyl (C=O) groups excluding carboxylic acids is 1. The van der Waals surface area contributed by atoms with Gasteiger partial charge >= 0.3 is 6.18 Å². The van der Waals surface area contributed by atoms with Crippen LogP contribution in [0.3, 0.4) is 0 Å². The van der Waals surface area contributed by atoms with E-state index in [2.05, 4.69) is 27.5 Å². The number of carbonyl (C=O) groups is 1. The highest BCUT2D eigenvalue weighted by Crippen LogP contribution is 2.29. The number of likely N-dealkylation sites (tertiary alicyclic amines) is 1. The van der Waals surface area contributed by atoms with Gasteiger partial charge in [0, 0.05) is 24.9 Å². The van der Waals surface area contributed by atoms with Crippen molar-refractivity contribution in [1.82, 2.24) is 19.8 Å². The summed E-state index contributed by atoms with van der Waals surface area (Å²) >= 11 is 0. The quantitative estimate of drug-likeness (QED) is 0.311. The molecule has 0 saturated carbocycles. The lowest BCUT2D eigenvalue weighted by Crippen LogP contribution is -2.58. The fraction of sp³-hybridized carbons (Fsp3) is 0.429. The Balaban J connectivity index is 1.65. The molecule has 4 rings (SSSR count). The van der Waals surface area contributed by atoms with E-state index in [1.54, 1.807) is 7.05 Å². The zero-order chi connectivity index (χ0) is 30.9. The van der Waals surface area contributed by atoms with Crippen LogP contribution in [0.15, 0.2) is 41.6 Å². The first kappa shape index (κ1) is 31.1. The van der Waals surface area contributed by atoms with Crippen molar-refractivity contribution in [3.63, 3.8) is 0 Å². The first-order chi connectivity index (χ1) is 19.6. The summed E-state index contributed by atoms with van der Waals surface area (Å²) < 4.78 is 85.0. The van der Waals surface area contributed by atoms with Crippen molar-refractivity contribution in [2.24, 2.45) is 0 Å². The van der Waals surface area contributed by atoms with Gasteiger partial charge in [0.25, 0.3) is 5.91 Å². The molecule has 42 heavy (non-hydrogen) atoms. The second-order valence-corrected chi connectivity index (χ2v) is 12.5. The second kappa shape index (κ2) is 11.8. The first-order valence-electron chi connectivity index (χ1n) is 12.9. The highest BCUT2D eigenvalue weighted by molar-refractivity contribution is 7.90. The molecule has 1 fully saturated rings. The van der Waals surface area contributed by atoms with Crippen LogP contribution in [0.4, 0.5) is 23.2 Å². The van der Waals surface area contributed by atoms with Gasteiger partial charge in [0.2, 0.25) is 0 Å². The topological polar surface area (TPSA) is 106 Å². The Morgan fingerprint density at radius 2 is 2.00 bits per heavy atom. The summed E-state index contributed by atoms with van der Waals surface area (Å²) in [5, 5.41) is 5.68. The number of aromatic nitrogens is 2. The van der Waals surface area contributed by atoms with Crippen LogP contribution in [-0.2, 0) is 16.4 Å². The van der Waals surface area contributed by atoms with E-state index in [9.17, 15) is 26.4 Å². The Bertz CT molecular complexity index is 1660. The molecule has 1 saturated heterocycles. The third-order valence-electron chi connectivity index (χ3n) is 6.93. The highest BCUT2D eigenvalue weighted by Gasteiger charge is 2.40. The maximum Gasteiger partial charge on any atom is 0.406 e. The van der Waals surface area contributed by atoms with Crippen molar-refractivity contribution in [3.8, 4) is 17.6 Å². The number of anilines is 1. The van der Waals surface area contributed by atoms with Crippen LogP contribution in [0.5, 0.6) is 5.75 Å². The molecule has 2 heterocycles. The van der Waals surface area contributed by atoms with Crippen LogP contribution in [0.1, 0.15) is 29.3 Å². The summed E-state index contributed by atoms with van der Waals surface area (Å²) in [6.45, 7) is 0.773. The molecule has 1 aromatic heterocycles. The number of methoxy groups -OCH3 is 1. The van der Waals surface area contributed by atoms with Crippen LogP contribution < -0.4 is 15.4 Å². The molecule has 1 amide bonds. The largest absolute Gasteiger partial charge is 0.495 e. The number of benzene rings is 2. The number of piperidine rings is 1.